The maximum Gasteiger partial charge on any atom is 0.356 e. The van der Waals surface area contributed by atoms with Gasteiger partial charge in [-0.25, -0.2) is 14.6 Å². The van der Waals surface area contributed by atoms with Crippen LogP contribution in [0.1, 0.15) is 17.4 Å². The van der Waals surface area contributed by atoms with Crippen LogP contribution in [0.3, 0.4) is 0 Å². The lowest BCUT2D eigenvalue weighted by Crippen LogP contribution is -2.49. The normalized spacial score (nSPS) is 15.9. The zero-order chi connectivity index (χ0) is 14.5. The van der Waals surface area contributed by atoms with E-state index in [-0.39, 0.29) is 17.4 Å². The Labute approximate surface area is 117 Å². The van der Waals surface area contributed by atoms with Crippen LogP contribution < -0.4 is 5.32 Å². The molecule has 0 bridgehead atoms. The van der Waals surface area contributed by atoms with Gasteiger partial charge < -0.3 is 20.2 Å². The van der Waals surface area contributed by atoms with E-state index in [4.69, 9.17) is 5.11 Å². The third kappa shape index (κ3) is 3.24. The molecule has 1 aliphatic heterocycles. The molecule has 7 nitrogen and oxygen atoms in total. The molecule has 7 heteroatoms. The summed E-state index contributed by atoms with van der Waals surface area (Å²) < 4.78 is 0. The number of aromatic carboxylic acids is 1. The molecule has 0 aromatic carbocycles. The summed E-state index contributed by atoms with van der Waals surface area (Å²) in [5, 5.41) is 11.6. The molecule has 1 aliphatic rings. The Morgan fingerprint density at radius 1 is 1.35 bits per heavy atom. The Morgan fingerprint density at radius 2 is 2.05 bits per heavy atom. The van der Waals surface area contributed by atoms with Crippen LogP contribution in [0.25, 0.3) is 0 Å². The molecule has 1 aromatic heterocycles. The molecule has 2 amide bonds. The summed E-state index contributed by atoms with van der Waals surface area (Å²) in [6.45, 7) is 6.02. The minimum atomic E-state index is -1.16. The molecule has 0 saturated carbocycles. The van der Waals surface area contributed by atoms with Crippen LogP contribution in [0.2, 0.25) is 0 Å². The zero-order valence-corrected chi connectivity index (χ0v) is 11.4. The second-order valence-electron chi connectivity index (χ2n) is 4.56. The summed E-state index contributed by atoms with van der Waals surface area (Å²) in [7, 11) is 0. The van der Waals surface area contributed by atoms with E-state index in [1.54, 1.807) is 11.0 Å². The summed E-state index contributed by atoms with van der Waals surface area (Å²) in [6, 6.07) is 2.85. The Balaban J connectivity index is 2.00. The van der Waals surface area contributed by atoms with Crippen molar-refractivity contribution >= 4 is 17.7 Å². The molecular weight excluding hydrogens is 260 g/mol. The van der Waals surface area contributed by atoms with E-state index >= 15 is 0 Å². The number of hydrogen-bond acceptors (Lipinski definition) is 4. The number of rotatable bonds is 3. The highest BCUT2D eigenvalue weighted by molar-refractivity contribution is 5.98. The predicted octanol–water partition coefficient (Wildman–Crippen LogP) is 0.949. The Kier molecular flexibility index (Phi) is 4.52. The molecule has 108 valence electrons. The van der Waals surface area contributed by atoms with Gasteiger partial charge in [-0.15, -0.1) is 0 Å². The van der Waals surface area contributed by atoms with Crippen molar-refractivity contribution in [3.8, 4) is 0 Å². The number of carboxylic acids is 1. The van der Waals surface area contributed by atoms with Crippen LogP contribution in [-0.2, 0) is 0 Å². The second kappa shape index (κ2) is 6.33. The number of piperazine rings is 1. The van der Waals surface area contributed by atoms with Crippen LogP contribution in [0.4, 0.5) is 10.5 Å². The van der Waals surface area contributed by atoms with E-state index in [0.717, 1.165) is 19.6 Å². The maximum atomic E-state index is 12.1. The molecule has 0 unspecified atom stereocenters. The fourth-order valence-corrected chi connectivity index (χ4v) is 2.14. The molecule has 0 aliphatic carbocycles. The number of aromatic nitrogens is 1. The van der Waals surface area contributed by atoms with Gasteiger partial charge in [0.1, 0.15) is 0 Å². The summed E-state index contributed by atoms with van der Waals surface area (Å²) in [5.74, 6) is -1.16. The first-order valence-corrected chi connectivity index (χ1v) is 6.58. The van der Waals surface area contributed by atoms with Crippen LogP contribution in [0.5, 0.6) is 0 Å². The average molecular weight is 278 g/mol. The lowest BCUT2D eigenvalue weighted by Gasteiger charge is -2.34. The number of carbonyl (C=O) groups is 2. The van der Waals surface area contributed by atoms with Crippen LogP contribution >= 0.6 is 0 Å². The summed E-state index contributed by atoms with van der Waals surface area (Å²) in [6.07, 6.45) is 1.39. The topological polar surface area (TPSA) is 85.8 Å². The Hall–Kier alpha value is -2.15. The second-order valence-corrected chi connectivity index (χ2v) is 4.56. The summed E-state index contributed by atoms with van der Waals surface area (Å²) >= 11 is 0. The molecule has 1 fully saturated rings. The van der Waals surface area contributed by atoms with Gasteiger partial charge in [0.05, 0.1) is 5.69 Å². The lowest BCUT2D eigenvalue weighted by atomic mass is 10.3. The van der Waals surface area contributed by atoms with Crippen molar-refractivity contribution in [1.82, 2.24) is 14.8 Å². The number of amides is 2. The number of carboxylic acid groups (broad SMARTS) is 1. The van der Waals surface area contributed by atoms with Crippen LogP contribution in [0.15, 0.2) is 18.3 Å². The standard InChI is InChI=1S/C13H18N4O3/c1-2-16-6-8-17(9-7-16)13(20)15-10-4-3-5-14-11(10)12(18)19/h3-5H,2,6-9H2,1H3,(H,15,20)(H,18,19). The molecule has 2 heterocycles. The minimum Gasteiger partial charge on any atom is -0.476 e. The number of pyridine rings is 1. The van der Waals surface area contributed by atoms with Gasteiger partial charge in [0.25, 0.3) is 0 Å². The first-order chi connectivity index (χ1) is 9.61. The average Bonchev–Trinajstić information content (AvgIpc) is 2.47. The molecule has 1 aromatic rings. The monoisotopic (exact) mass is 278 g/mol. The highest BCUT2D eigenvalue weighted by Crippen LogP contribution is 2.13. The van der Waals surface area contributed by atoms with Crippen molar-refractivity contribution in [2.24, 2.45) is 0 Å². The van der Waals surface area contributed by atoms with E-state index in [1.807, 2.05) is 0 Å². The fraction of sp³-hybridized carbons (Fsp3) is 0.462. The Bertz CT molecular complexity index is 498. The number of hydrogen-bond donors (Lipinski definition) is 2. The molecule has 1 saturated heterocycles. The molecular formula is C13H18N4O3. The van der Waals surface area contributed by atoms with Gasteiger partial charge in [-0.05, 0) is 18.7 Å². The summed E-state index contributed by atoms with van der Waals surface area (Å²) in [4.78, 5) is 30.8. The molecule has 0 atom stereocenters. The van der Waals surface area contributed by atoms with Gasteiger partial charge in [-0.3, -0.25) is 0 Å². The van der Waals surface area contributed by atoms with Crippen molar-refractivity contribution in [1.29, 1.82) is 0 Å². The number of nitrogens with one attached hydrogen (secondary N) is 1. The Morgan fingerprint density at radius 3 is 2.65 bits per heavy atom. The van der Waals surface area contributed by atoms with E-state index < -0.39 is 5.97 Å². The fourth-order valence-electron chi connectivity index (χ4n) is 2.14. The van der Waals surface area contributed by atoms with Crippen LogP contribution in [0, 0.1) is 0 Å². The third-order valence-electron chi connectivity index (χ3n) is 3.36. The first-order valence-electron chi connectivity index (χ1n) is 6.58. The number of likely N-dealkylation sites (N-methyl/N-ethyl adjacent to an activating group) is 1. The van der Waals surface area contributed by atoms with Gasteiger partial charge in [-0.1, -0.05) is 6.92 Å². The largest absolute Gasteiger partial charge is 0.476 e. The maximum absolute atomic E-state index is 12.1. The smallest absolute Gasteiger partial charge is 0.356 e. The third-order valence-corrected chi connectivity index (χ3v) is 3.36. The zero-order valence-electron chi connectivity index (χ0n) is 11.4. The SMILES string of the molecule is CCN1CCN(C(=O)Nc2cccnc2C(=O)O)CC1. The van der Waals surface area contributed by atoms with E-state index in [0.29, 0.717) is 13.1 Å². The number of anilines is 1. The van der Waals surface area contributed by atoms with Gasteiger partial charge in [-0.2, -0.15) is 0 Å². The van der Waals surface area contributed by atoms with Crippen molar-refractivity contribution < 1.29 is 14.7 Å². The lowest BCUT2D eigenvalue weighted by molar-refractivity contribution is 0.0691. The predicted molar refractivity (Wildman–Crippen MR) is 73.9 cm³/mol. The highest BCUT2D eigenvalue weighted by Gasteiger charge is 2.21. The molecule has 20 heavy (non-hydrogen) atoms. The van der Waals surface area contributed by atoms with Crippen LogP contribution in [-0.4, -0.2) is 64.6 Å². The molecule has 0 radical (unpaired) electrons. The van der Waals surface area contributed by atoms with Crippen molar-refractivity contribution in [3.05, 3.63) is 24.0 Å². The van der Waals surface area contributed by atoms with Gasteiger partial charge in [0.2, 0.25) is 0 Å². The van der Waals surface area contributed by atoms with E-state index in [1.165, 1.54) is 12.3 Å². The molecule has 2 N–H and O–H groups in total. The molecule has 0 spiro atoms. The quantitative estimate of drug-likeness (QED) is 0.859. The number of carbonyl (C=O) groups excluding carboxylic acids is 1. The molecule has 2 rings (SSSR count). The van der Waals surface area contributed by atoms with Crippen molar-refractivity contribution in [2.75, 3.05) is 38.0 Å². The minimum absolute atomic E-state index is 0.145. The van der Waals surface area contributed by atoms with Gasteiger partial charge in [0.15, 0.2) is 5.69 Å². The number of urea groups is 1. The summed E-state index contributed by atoms with van der Waals surface area (Å²) in [5.41, 5.74) is 0.0796. The highest BCUT2D eigenvalue weighted by atomic mass is 16.4. The first kappa shape index (κ1) is 14.3. The van der Waals surface area contributed by atoms with E-state index in [9.17, 15) is 9.59 Å². The van der Waals surface area contributed by atoms with E-state index in [2.05, 4.69) is 22.1 Å². The number of nitrogens with zero attached hydrogens (tertiary/aromatic N) is 3. The van der Waals surface area contributed by atoms with Gasteiger partial charge >= 0.3 is 12.0 Å². The van der Waals surface area contributed by atoms with Crippen molar-refractivity contribution in [2.45, 2.75) is 6.92 Å². The van der Waals surface area contributed by atoms with Crippen molar-refractivity contribution in [3.63, 3.8) is 0 Å². The van der Waals surface area contributed by atoms with Gasteiger partial charge in [0, 0.05) is 32.4 Å².